The number of aromatic amines is 1. The van der Waals surface area contributed by atoms with Gasteiger partial charge in [-0.3, -0.25) is 4.90 Å². The molecule has 17 heavy (non-hydrogen) atoms. The first-order chi connectivity index (χ1) is 8.31. The molecule has 0 spiro atoms. The minimum absolute atomic E-state index is 0.653. The van der Waals surface area contributed by atoms with E-state index in [1.54, 1.807) is 5.56 Å². The third-order valence-corrected chi connectivity index (χ3v) is 4.05. The molecule has 0 aromatic carbocycles. The van der Waals surface area contributed by atoms with E-state index in [9.17, 15) is 0 Å². The fourth-order valence-electron chi connectivity index (χ4n) is 3.26. The van der Waals surface area contributed by atoms with Crippen molar-refractivity contribution in [3.8, 4) is 0 Å². The summed E-state index contributed by atoms with van der Waals surface area (Å²) in [4.78, 5) is 6.20. The van der Waals surface area contributed by atoms with Crippen LogP contribution in [0.15, 0.2) is 12.3 Å². The number of aromatic nitrogens is 1. The van der Waals surface area contributed by atoms with Crippen molar-refractivity contribution in [3.63, 3.8) is 0 Å². The van der Waals surface area contributed by atoms with E-state index in [1.807, 2.05) is 0 Å². The van der Waals surface area contributed by atoms with E-state index in [2.05, 4.69) is 42.9 Å². The zero-order chi connectivity index (χ0) is 12.3. The van der Waals surface area contributed by atoms with Crippen molar-refractivity contribution in [2.45, 2.75) is 65.0 Å². The Kier molecular flexibility index (Phi) is 4.27. The maximum absolute atomic E-state index is 3.45. The van der Waals surface area contributed by atoms with E-state index in [4.69, 9.17) is 0 Å². The van der Waals surface area contributed by atoms with Crippen LogP contribution in [0.4, 0.5) is 0 Å². The zero-order valence-corrected chi connectivity index (χ0v) is 11.5. The van der Waals surface area contributed by atoms with E-state index in [0.717, 1.165) is 6.04 Å². The van der Waals surface area contributed by atoms with Crippen LogP contribution >= 0.6 is 0 Å². The third-order valence-electron chi connectivity index (χ3n) is 4.05. The highest BCUT2D eigenvalue weighted by Gasteiger charge is 2.32. The Balaban J connectivity index is 2.27. The second kappa shape index (κ2) is 5.72. The topological polar surface area (TPSA) is 19.0 Å². The molecule has 0 radical (unpaired) electrons. The zero-order valence-electron chi connectivity index (χ0n) is 11.5. The lowest BCUT2D eigenvalue weighted by molar-refractivity contribution is 0.106. The predicted molar refractivity (Wildman–Crippen MR) is 73.2 cm³/mol. The van der Waals surface area contributed by atoms with Gasteiger partial charge in [-0.15, -0.1) is 0 Å². The number of H-pyrrole nitrogens is 1. The van der Waals surface area contributed by atoms with Crippen LogP contribution in [0.3, 0.4) is 0 Å². The van der Waals surface area contributed by atoms with Gasteiger partial charge in [0.2, 0.25) is 0 Å². The van der Waals surface area contributed by atoms with Gasteiger partial charge < -0.3 is 4.98 Å². The molecule has 2 rings (SSSR count). The largest absolute Gasteiger partial charge is 0.365 e. The summed E-state index contributed by atoms with van der Waals surface area (Å²) < 4.78 is 0. The summed E-state index contributed by atoms with van der Waals surface area (Å²) in [6.45, 7) is 8.16. The monoisotopic (exact) mass is 234 g/mol. The minimum atomic E-state index is 0.653. The van der Waals surface area contributed by atoms with Gasteiger partial charge in [-0.05, 0) is 37.4 Å². The van der Waals surface area contributed by atoms with Gasteiger partial charge in [0.25, 0.3) is 0 Å². The Hall–Kier alpha value is -0.760. The molecule has 2 heteroatoms. The number of fused-ring (bicyclic) bond motifs is 1. The van der Waals surface area contributed by atoms with Gasteiger partial charge in [0, 0.05) is 30.4 Å². The van der Waals surface area contributed by atoms with E-state index in [0.29, 0.717) is 6.04 Å². The highest BCUT2D eigenvalue weighted by Crippen LogP contribution is 2.36. The molecule has 0 unspecified atom stereocenters. The molecular weight excluding hydrogens is 208 g/mol. The molecule has 2 nitrogen and oxygen atoms in total. The normalized spacial score (nSPS) is 24.9. The molecule has 0 amide bonds. The number of rotatable bonds is 5. The predicted octanol–water partition coefficient (Wildman–Crippen LogP) is 3.90. The van der Waals surface area contributed by atoms with Crippen LogP contribution in [0, 0.1) is 0 Å². The summed E-state index contributed by atoms with van der Waals surface area (Å²) in [7, 11) is 0. The first kappa shape index (κ1) is 12.7. The highest BCUT2D eigenvalue weighted by atomic mass is 15.2. The van der Waals surface area contributed by atoms with Crippen LogP contribution in [0.1, 0.15) is 63.8 Å². The molecule has 1 aromatic rings. The standard InChI is InChI=1S/C15H26N2/c1-4-7-15-13-8-9-16-14(13)11-12(6-3)17(15)10-5-2/h8-9,12,15-16H,4-7,10-11H2,1-3H3/t12-,15-/m0/s1. The maximum Gasteiger partial charge on any atom is 0.0368 e. The van der Waals surface area contributed by atoms with Crippen molar-refractivity contribution >= 4 is 0 Å². The van der Waals surface area contributed by atoms with Crippen LogP contribution in [0.2, 0.25) is 0 Å². The van der Waals surface area contributed by atoms with Gasteiger partial charge in [0.15, 0.2) is 0 Å². The number of hydrogen-bond acceptors (Lipinski definition) is 1. The molecule has 2 atom stereocenters. The summed E-state index contributed by atoms with van der Waals surface area (Å²) in [5, 5.41) is 0. The van der Waals surface area contributed by atoms with Gasteiger partial charge in [0.1, 0.15) is 0 Å². The minimum Gasteiger partial charge on any atom is -0.365 e. The first-order valence-electron chi connectivity index (χ1n) is 7.23. The Morgan fingerprint density at radius 2 is 2.12 bits per heavy atom. The summed E-state index contributed by atoms with van der Waals surface area (Å²) >= 11 is 0. The molecule has 1 aliphatic heterocycles. The van der Waals surface area contributed by atoms with Crippen LogP contribution < -0.4 is 0 Å². The Bertz CT molecular complexity index is 342. The Labute approximate surface area is 105 Å². The van der Waals surface area contributed by atoms with Gasteiger partial charge in [0.05, 0.1) is 0 Å². The second-order valence-corrected chi connectivity index (χ2v) is 5.22. The molecular formula is C15H26N2. The van der Waals surface area contributed by atoms with Crippen molar-refractivity contribution in [2.24, 2.45) is 0 Å². The maximum atomic E-state index is 3.45. The van der Waals surface area contributed by atoms with Crippen molar-refractivity contribution in [2.75, 3.05) is 6.54 Å². The molecule has 0 bridgehead atoms. The second-order valence-electron chi connectivity index (χ2n) is 5.22. The van der Waals surface area contributed by atoms with Crippen LogP contribution in [-0.4, -0.2) is 22.5 Å². The molecule has 2 heterocycles. The molecule has 0 saturated carbocycles. The average molecular weight is 234 g/mol. The fraction of sp³-hybridized carbons (Fsp3) is 0.733. The Morgan fingerprint density at radius 1 is 1.29 bits per heavy atom. The number of nitrogens with zero attached hydrogens (tertiary/aromatic N) is 1. The molecule has 1 N–H and O–H groups in total. The molecule has 1 aromatic heterocycles. The van der Waals surface area contributed by atoms with Gasteiger partial charge in [-0.1, -0.05) is 27.2 Å². The lowest BCUT2D eigenvalue weighted by Gasteiger charge is -2.42. The van der Waals surface area contributed by atoms with E-state index < -0.39 is 0 Å². The van der Waals surface area contributed by atoms with Gasteiger partial charge in [-0.2, -0.15) is 0 Å². The smallest absolute Gasteiger partial charge is 0.0368 e. The van der Waals surface area contributed by atoms with Gasteiger partial charge in [-0.25, -0.2) is 0 Å². The van der Waals surface area contributed by atoms with Gasteiger partial charge >= 0.3 is 0 Å². The lowest BCUT2D eigenvalue weighted by atomic mass is 9.89. The van der Waals surface area contributed by atoms with Crippen LogP contribution in [-0.2, 0) is 6.42 Å². The van der Waals surface area contributed by atoms with Crippen molar-refractivity contribution < 1.29 is 0 Å². The van der Waals surface area contributed by atoms with E-state index >= 15 is 0 Å². The molecule has 1 aliphatic rings. The Morgan fingerprint density at radius 3 is 2.76 bits per heavy atom. The quantitative estimate of drug-likeness (QED) is 0.818. The SMILES string of the molecule is CCC[C@H]1c2cc[nH]c2C[C@H](CC)N1CCC. The van der Waals surface area contributed by atoms with Crippen molar-refractivity contribution in [3.05, 3.63) is 23.5 Å². The molecule has 0 fully saturated rings. The number of nitrogens with one attached hydrogen (secondary N) is 1. The average Bonchev–Trinajstić information content (AvgIpc) is 2.79. The highest BCUT2D eigenvalue weighted by molar-refractivity contribution is 5.28. The van der Waals surface area contributed by atoms with Crippen molar-refractivity contribution in [1.29, 1.82) is 0 Å². The van der Waals surface area contributed by atoms with Crippen LogP contribution in [0.5, 0.6) is 0 Å². The van der Waals surface area contributed by atoms with Crippen LogP contribution in [0.25, 0.3) is 0 Å². The summed E-state index contributed by atoms with van der Waals surface area (Å²) in [5.41, 5.74) is 3.05. The molecule has 0 saturated heterocycles. The fourth-order valence-corrected chi connectivity index (χ4v) is 3.26. The summed E-state index contributed by atoms with van der Waals surface area (Å²) in [5.74, 6) is 0. The third kappa shape index (κ3) is 2.42. The molecule has 96 valence electrons. The number of hydrogen-bond donors (Lipinski definition) is 1. The van der Waals surface area contributed by atoms with E-state index in [-0.39, 0.29) is 0 Å². The first-order valence-corrected chi connectivity index (χ1v) is 7.23. The summed E-state index contributed by atoms with van der Waals surface area (Å²) in [6.07, 6.45) is 8.41. The molecule has 0 aliphatic carbocycles. The summed E-state index contributed by atoms with van der Waals surface area (Å²) in [6, 6.07) is 3.68. The van der Waals surface area contributed by atoms with Crippen molar-refractivity contribution in [1.82, 2.24) is 9.88 Å². The van der Waals surface area contributed by atoms with E-state index in [1.165, 1.54) is 44.3 Å². The lowest BCUT2D eigenvalue weighted by Crippen LogP contribution is -2.43.